The first kappa shape index (κ1) is 20.0. The van der Waals surface area contributed by atoms with Gasteiger partial charge in [0.25, 0.3) is 5.91 Å². The van der Waals surface area contributed by atoms with Gasteiger partial charge in [-0.3, -0.25) is 4.79 Å². The molecule has 0 atom stereocenters. The van der Waals surface area contributed by atoms with Crippen molar-refractivity contribution in [3.63, 3.8) is 0 Å². The van der Waals surface area contributed by atoms with Crippen LogP contribution in [0.5, 0.6) is 17.2 Å². The lowest BCUT2D eigenvalue weighted by molar-refractivity contribution is -0.123. The number of nitrogens with zero attached hydrogens (tertiary/aromatic N) is 1. The van der Waals surface area contributed by atoms with Crippen LogP contribution in [0.1, 0.15) is 16.7 Å². The molecule has 1 amide bonds. The average Bonchev–Trinajstić information content (AvgIpc) is 2.64. The monoisotopic (exact) mass is 368 g/mol. The topological polar surface area (TPSA) is 69.2 Å². The van der Waals surface area contributed by atoms with Crippen LogP contribution in [0.4, 0.5) is 0 Å². The average molecular weight is 368 g/mol. The molecule has 0 saturated carbocycles. The highest BCUT2D eigenvalue weighted by Crippen LogP contribution is 2.27. The number of hydrazone groups is 1. The zero-order valence-electron chi connectivity index (χ0n) is 15.8. The maximum absolute atomic E-state index is 11.9. The molecule has 0 unspecified atom stereocenters. The van der Waals surface area contributed by atoms with Gasteiger partial charge in [-0.05, 0) is 60.9 Å². The van der Waals surface area contributed by atoms with Gasteiger partial charge in [-0.2, -0.15) is 5.10 Å². The van der Waals surface area contributed by atoms with Crippen LogP contribution < -0.4 is 19.6 Å². The summed E-state index contributed by atoms with van der Waals surface area (Å²) < 4.78 is 16.3. The summed E-state index contributed by atoms with van der Waals surface area (Å²) in [5, 5.41) is 3.94. The van der Waals surface area contributed by atoms with Crippen molar-refractivity contribution in [1.29, 1.82) is 0 Å². The molecule has 142 valence electrons. The van der Waals surface area contributed by atoms with Crippen molar-refractivity contribution in [3.8, 4) is 17.2 Å². The zero-order valence-corrected chi connectivity index (χ0v) is 15.8. The second-order valence-electron chi connectivity index (χ2n) is 5.92. The van der Waals surface area contributed by atoms with E-state index in [1.807, 2.05) is 38.1 Å². The molecule has 0 fully saturated rings. The number of nitrogens with one attached hydrogen (secondary N) is 1. The summed E-state index contributed by atoms with van der Waals surface area (Å²) in [6, 6.07) is 11.1. The first-order valence-electron chi connectivity index (χ1n) is 8.46. The minimum absolute atomic E-state index is 0.113. The van der Waals surface area contributed by atoms with Gasteiger partial charge < -0.3 is 14.2 Å². The highest BCUT2D eigenvalue weighted by molar-refractivity contribution is 5.83. The number of ether oxygens (including phenoxy) is 3. The van der Waals surface area contributed by atoms with E-state index in [-0.39, 0.29) is 12.5 Å². The van der Waals surface area contributed by atoms with Gasteiger partial charge in [0, 0.05) is 0 Å². The van der Waals surface area contributed by atoms with Crippen LogP contribution in [-0.4, -0.2) is 32.4 Å². The van der Waals surface area contributed by atoms with E-state index in [4.69, 9.17) is 14.2 Å². The van der Waals surface area contributed by atoms with Crippen molar-refractivity contribution in [1.82, 2.24) is 5.43 Å². The highest BCUT2D eigenvalue weighted by atomic mass is 16.5. The molecule has 0 aromatic heterocycles. The van der Waals surface area contributed by atoms with E-state index in [9.17, 15) is 4.79 Å². The lowest BCUT2D eigenvalue weighted by atomic mass is 10.1. The Morgan fingerprint density at radius 2 is 1.85 bits per heavy atom. The fourth-order valence-electron chi connectivity index (χ4n) is 2.41. The molecular formula is C21H24N2O4. The zero-order chi connectivity index (χ0) is 19.6. The van der Waals surface area contributed by atoms with Crippen LogP contribution in [0.25, 0.3) is 0 Å². The van der Waals surface area contributed by atoms with E-state index in [1.54, 1.807) is 25.3 Å². The minimum atomic E-state index is -0.344. The molecule has 0 radical (unpaired) electrons. The standard InChI is InChI=1S/C21H24N2O4/c1-5-8-26-19-7-6-17(12-20(19)25-4)13-22-23-21(24)14-27-18-10-15(2)9-16(3)11-18/h5-7,9-13H,1,8,14H2,2-4H3,(H,23,24)/b22-13+. The van der Waals surface area contributed by atoms with E-state index < -0.39 is 0 Å². The molecule has 0 bridgehead atoms. The van der Waals surface area contributed by atoms with E-state index in [1.165, 1.54) is 6.21 Å². The third-order valence-corrected chi connectivity index (χ3v) is 3.51. The fraction of sp³-hybridized carbons (Fsp3) is 0.238. The molecule has 0 aliphatic heterocycles. The van der Waals surface area contributed by atoms with Gasteiger partial charge in [-0.1, -0.05) is 18.7 Å². The molecule has 0 aliphatic rings. The SMILES string of the molecule is C=CCOc1ccc(/C=N/NC(=O)COc2cc(C)cc(C)c2)cc1OC. The second-order valence-corrected chi connectivity index (χ2v) is 5.92. The Balaban J connectivity index is 1.88. The number of rotatable bonds is 9. The van der Waals surface area contributed by atoms with Crippen LogP contribution in [0.2, 0.25) is 0 Å². The molecule has 2 aromatic rings. The Bertz CT molecular complexity index is 811. The van der Waals surface area contributed by atoms with Gasteiger partial charge in [0.2, 0.25) is 0 Å². The van der Waals surface area contributed by atoms with Crippen LogP contribution in [0.15, 0.2) is 54.2 Å². The Labute approximate surface area is 159 Å². The van der Waals surface area contributed by atoms with Crippen molar-refractivity contribution < 1.29 is 19.0 Å². The second kappa shape index (κ2) is 10.0. The molecule has 27 heavy (non-hydrogen) atoms. The molecule has 2 rings (SSSR count). The molecule has 1 N–H and O–H groups in total. The Hall–Kier alpha value is -3.28. The maximum atomic E-state index is 11.9. The summed E-state index contributed by atoms with van der Waals surface area (Å²) in [5.41, 5.74) is 5.36. The van der Waals surface area contributed by atoms with Gasteiger partial charge in [0.05, 0.1) is 13.3 Å². The molecule has 6 nitrogen and oxygen atoms in total. The molecule has 0 saturated heterocycles. The van der Waals surface area contributed by atoms with Gasteiger partial charge >= 0.3 is 0 Å². The number of aryl methyl sites for hydroxylation is 2. The predicted octanol–water partition coefficient (Wildman–Crippen LogP) is 3.41. The van der Waals surface area contributed by atoms with Crippen LogP contribution in [0.3, 0.4) is 0 Å². The van der Waals surface area contributed by atoms with Gasteiger partial charge in [-0.25, -0.2) is 5.43 Å². The molecule has 6 heteroatoms. The number of carbonyl (C=O) groups is 1. The van der Waals surface area contributed by atoms with Crippen molar-refractivity contribution >= 4 is 12.1 Å². The van der Waals surface area contributed by atoms with Crippen LogP contribution in [-0.2, 0) is 4.79 Å². The summed E-state index contributed by atoms with van der Waals surface area (Å²) in [6.07, 6.45) is 3.18. The predicted molar refractivity (Wildman–Crippen MR) is 106 cm³/mol. The first-order valence-corrected chi connectivity index (χ1v) is 8.46. The minimum Gasteiger partial charge on any atom is -0.493 e. The van der Waals surface area contributed by atoms with Crippen molar-refractivity contribution in [2.24, 2.45) is 5.10 Å². The number of hydrogen-bond donors (Lipinski definition) is 1. The molecule has 2 aromatic carbocycles. The Morgan fingerprint density at radius 3 is 2.52 bits per heavy atom. The molecule has 0 spiro atoms. The van der Waals surface area contributed by atoms with Gasteiger partial charge in [0.15, 0.2) is 18.1 Å². The Morgan fingerprint density at radius 1 is 1.11 bits per heavy atom. The summed E-state index contributed by atoms with van der Waals surface area (Å²) >= 11 is 0. The number of amides is 1. The van der Waals surface area contributed by atoms with Gasteiger partial charge in [-0.15, -0.1) is 0 Å². The van der Waals surface area contributed by atoms with Crippen molar-refractivity contribution in [2.75, 3.05) is 20.3 Å². The van der Waals surface area contributed by atoms with E-state index in [0.717, 1.165) is 16.7 Å². The fourth-order valence-corrected chi connectivity index (χ4v) is 2.41. The summed E-state index contributed by atoms with van der Waals surface area (Å²) in [6.45, 7) is 7.84. The van der Waals surface area contributed by atoms with Crippen LogP contribution >= 0.6 is 0 Å². The number of methoxy groups -OCH3 is 1. The normalized spacial score (nSPS) is 10.5. The number of carbonyl (C=O) groups excluding carboxylic acids is 1. The summed E-state index contributed by atoms with van der Waals surface area (Å²) in [7, 11) is 1.56. The van der Waals surface area contributed by atoms with Crippen molar-refractivity contribution in [2.45, 2.75) is 13.8 Å². The Kier molecular flexibility index (Phi) is 7.43. The first-order chi connectivity index (χ1) is 13.0. The number of benzene rings is 2. The van der Waals surface area contributed by atoms with Crippen LogP contribution in [0, 0.1) is 13.8 Å². The summed E-state index contributed by atoms with van der Waals surface area (Å²) in [5.74, 6) is 1.50. The third kappa shape index (κ3) is 6.51. The smallest absolute Gasteiger partial charge is 0.277 e. The molecule has 0 heterocycles. The molecular weight excluding hydrogens is 344 g/mol. The van der Waals surface area contributed by atoms with Gasteiger partial charge in [0.1, 0.15) is 12.4 Å². The lowest BCUT2D eigenvalue weighted by Crippen LogP contribution is -2.24. The lowest BCUT2D eigenvalue weighted by Gasteiger charge is -2.09. The maximum Gasteiger partial charge on any atom is 0.277 e. The molecule has 0 aliphatic carbocycles. The largest absolute Gasteiger partial charge is 0.493 e. The van der Waals surface area contributed by atoms with E-state index >= 15 is 0 Å². The van der Waals surface area contributed by atoms with E-state index in [2.05, 4.69) is 17.1 Å². The van der Waals surface area contributed by atoms with E-state index in [0.29, 0.717) is 23.9 Å². The third-order valence-electron chi connectivity index (χ3n) is 3.51. The van der Waals surface area contributed by atoms with Crippen molar-refractivity contribution in [3.05, 3.63) is 65.7 Å². The summed E-state index contributed by atoms with van der Waals surface area (Å²) in [4.78, 5) is 11.9. The number of hydrogen-bond acceptors (Lipinski definition) is 5. The highest BCUT2D eigenvalue weighted by Gasteiger charge is 2.05. The quantitative estimate of drug-likeness (QED) is 0.418.